The maximum absolute atomic E-state index is 13.0. The molecule has 5 aliphatic rings. The summed E-state index contributed by atoms with van der Waals surface area (Å²) in [6.07, 6.45) is 12.9. The van der Waals surface area contributed by atoms with E-state index < -0.39 is 28.6 Å². The molecule has 6 rings (SSSR count). The average Bonchev–Trinajstić information content (AvgIpc) is 2.97. The highest BCUT2D eigenvalue weighted by Gasteiger charge is 2.71. The number of esters is 1. The number of phenols is 1. The molecule has 0 saturated heterocycles. The van der Waals surface area contributed by atoms with Gasteiger partial charge in [0, 0.05) is 17.9 Å². The molecule has 0 radical (unpaired) electrons. The average molecular weight is 619 g/mol. The van der Waals surface area contributed by atoms with Crippen molar-refractivity contribution in [3.63, 3.8) is 0 Å². The molecule has 0 aliphatic heterocycles. The number of carboxylic acids is 1. The van der Waals surface area contributed by atoms with E-state index in [1.165, 1.54) is 11.6 Å². The molecule has 45 heavy (non-hydrogen) atoms. The van der Waals surface area contributed by atoms with Gasteiger partial charge in [0.1, 0.15) is 5.75 Å². The second-order valence-corrected chi connectivity index (χ2v) is 17.0. The molecular formula is C39H54O6. The van der Waals surface area contributed by atoms with Crippen molar-refractivity contribution < 1.29 is 29.6 Å². The minimum absolute atomic E-state index is 0.0163. The van der Waals surface area contributed by atoms with Crippen molar-refractivity contribution in [2.45, 2.75) is 112 Å². The van der Waals surface area contributed by atoms with Gasteiger partial charge in [-0.25, -0.2) is 4.79 Å². The molecule has 0 heterocycles. The molecular weight excluding hydrogens is 564 g/mol. The zero-order valence-corrected chi connectivity index (χ0v) is 28.4. The number of hydrogen-bond acceptors (Lipinski definition) is 5. The lowest BCUT2D eigenvalue weighted by Gasteiger charge is -2.72. The van der Waals surface area contributed by atoms with Crippen molar-refractivity contribution in [2.75, 3.05) is 0 Å². The number of benzene rings is 1. The smallest absolute Gasteiger partial charge is 0.333 e. The summed E-state index contributed by atoms with van der Waals surface area (Å²) in [6.45, 7) is 16.1. The van der Waals surface area contributed by atoms with E-state index >= 15 is 0 Å². The Labute approximate surface area is 269 Å². The van der Waals surface area contributed by atoms with Crippen molar-refractivity contribution in [2.24, 2.45) is 56.7 Å². The van der Waals surface area contributed by atoms with Gasteiger partial charge in [-0.15, -0.1) is 0 Å². The third-order valence-corrected chi connectivity index (χ3v) is 15.1. The van der Waals surface area contributed by atoms with Gasteiger partial charge in [0.25, 0.3) is 0 Å². The number of aliphatic hydroxyl groups is 1. The van der Waals surface area contributed by atoms with Crippen LogP contribution in [0, 0.1) is 56.7 Å². The van der Waals surface area contributed by atoms with E-state index in [0.29, 0.717) is 24.2 Å². The minimum atomic E-state index is -1.58. The zero-order valence-electron chi connectivity index (χ0n) is 28.4. The van der Waals surface area contributed by atoms with Crippen LogP contribution in [0.15, 0.2) is 42.0 Å². The second-order valence-electron chi connectivity index (χ2n) is 17.0. The first-order valence-corrected chi connectivity index (χ1v) is 17.3. The first-order chi connectivity index (χ1) is 21.0. The number of rotatable bonds is 4. The molecule has 6 nitrogen and oxygen atoms in total. The van der Waals surface area contributed by atoms with Gasteiger partial charge in [0.15, 0.2) is 0 Å². The Hall–Kier alpha value is -2.60. The molecule has 10 atom stereocenters. The number of fused-ring (bicyclic) bond motifs is 7. The van der Waals surface area contributed by atoms with Crippen molar-refractivity contribution >= 4 is 18.0 Å². The topological polar surface area (TPSA) is 104 Å². The predicted octanol–water partition coefficient (Wildman–Crippen LogP) is 8.38. The largest absolute Gasteiger partial charge is 0.508 e. The fourth-order valence-corrected chi connectivity index (χ4v) is 11.9. The van der Waals surface area contributed by atoms with E-state index in [1.54, 1.807) is 30.3 Å². The van der Waals surface area contributed by atoms with E-state index in [2.05, 4.69) is 54.5 Å². The minimum Gasteiger partial charge on any atom is -0.508 e. The zero-order chi connectivity index (χ0) is 32.8. The van der Waals surface area contributed by atoms with Crippen LogP contribution in [0.4, 0.5) is 0 Å². The molecule has 5 aliphatic carbocycles. The highest BCUT2D eigenvalue weighted by molar-refractivity contribution is 5.87. The van der Waals surface area contributed by atoms with Crippen molar-refractivity contribution in [1.29, 1.82) is 0 Å². The van der Waals surface area contributed by atoms with Crippen LogP contribution in [0.3, 0.4) is 0 Å². The summed E-state index contributed by atoms with van der Waals surface area (Å²) in [4.78, 5) is 26.0. The fourth-order valence-electron chi connectivity index (χ4n) is 11.9. The normalized spacial score (nSPS) is 45.3. The Bertz CT molecular complexity index is 1430. The summed E-state index contributed by atoms with van der Waals surface area (Å²) in [5.74, 6) is -1.10. The molecule has 0 amide bonds. The van der Waals surface area contributed by atoms with Crippen molar-refractivity contribution in [3.05, 3.63) is 47.6 Å². The number of carbonyl (C=O) groups excluding carboxylic acids is 1. The first kappa shape index (κ1) is 32.3. The number of aromatic hydroxyl groups is 1. The van der Waals surface area contributed by atoms with Crippen LogP contribution in [0.1, 0.15) is 112 Å². The third-order valence-electron chi connectivity index (χ3n) is 15.1. The van der Waals surface area contributed by atoms with Crippen LogP contribution < -0.4 is 0 Å². The lowest BCUT2D eigenvalue weighted by molar-refractivity contribution is -0.315. The second kappa shape index (κ2) is 10.5. The standard InChI is InChI=1S/C39H54O6/c1-24-16-19-38(33(42)43)22-21-36(6)28(32(38)25(24)2)13-14-30-35(5)20-23-39(44,34(3,4)29(35)17-18-37(30,36)7)45-31(41)15-10-26-8-11-27(40)12-9-26/h8-13,15,24-25,29-30,32,40,44H,14,16-23H2,1-7H3,(H,42,43)/t24-,25+,29?,30-,32+,35+,36-,37-,38+,39-/m1/s1. The van der Waals surface area contributed by atoms with Gasteiger partial charge < -0.3 is 20.1 Å². The fraction of sp³-hybridized carbons (Fsp3) is 0.692. The molecule has 0 bridgehead atoms. The molecule has 0 spiro atoms. The molecule has 4 saturated carbocycles. The van der Waals surface area contributed by atoms with E-state index in [9.17, 15) is 24.9 Å². The Balaban J connectivity index is 1.29. The number of carbonyl (C=O) groups is 2. The Morgan fingerprint density at radius 3 is 2.24 bits per heavy atom. The van der Waals surface area contributed by atoms with E-state index in [1.807, 2.05) is 0 Å². The molecule has 4 fully saturated rings. The Morgan fingerprint density at radius 1 is 0.889 bits per heavy atom. The number of allylic oxidation sites excluding steroid dienone is 2. The summed E-state index contributed by atoms with van der Waals surface area (Å²) in [7, 11) is 0. The van der Waals surface area contributed by atoms with Gasteiger partial charge in [-0.1, -0.05) is 72.2 Å². The Kier molecular flexibility index (Phi) is 7.51. The van der Waals surface area contributed by atoms with Crippen LogP contribution >= 0.6 is 0 Å². The third kappa shape index (κ3) is 4.43. The lowest BCUT2D eigenvalue weighted by Crippen LogP contribution is -2.68. The molecule has 6 heteroatoms. The summed E-state index contributed by atoms with van der Waals surface area (Å²) in [5, 5.41) is 32.2. The number of carboxylic acid groups (broad SMARTS) is 1. The molecule has 0 aromatic heterocycles. The SMILES string of the molecule is C[C@H]1[C@H](C)CC[C@]2(C(=O)O)CC[C@]3(C)C(=CC[C@@H]4[C@@]5(C)CC[C@@](O)(OC(=O)C=Cc6ccc(O)cc6)C(C)(C)C5CC[C@]43C)[C@H]12. The summed E-state index contributed by atoms with van der Waals surface area (Å²) in [6, 6.07) is 6.57. The maximum atomic E-state index is 13.0. The van der Waals surface area contributed by atoms with Crippen LogP contribution in [0.2, 0.25) is 0 Å². The number of ether oxygens (including phenoxy) is 1. The highest BCUT2D eigenvalue weighted by Crippen LogP contribution is 2.76. The highest BCUT2D eigenvalue weighted by atomic mass is 16.7. The maximum Gasteiger partial charge on any atom is 0.333 e. The predicted molar refractivity (Wildman–Crippen MR) is 175 cm³/mol. The molecule has 1 aromatic carbocycles. The van der Waals surface area contributed by atoms with Gasteiger partial charge in [-0.3, -0.25) is 4.79 Å². The number of aliphatic carboxylic acids is 1. The number of phenolic OH excluding ortho intramolecular Hbond substituents is 1. The summed E-state index contributed by atoms with van der Waals surface area (Å²) < 4.78 is 5.93. The van der Waals surface area contributed by atoms with Gasteiger partial charge in [-0.2, -0.15) is 0 Å². The monoisotopic (exact) mass is 618 g/mol. The van der Waals surface area contributed by atoms with E-state index in [0.717, 1.165) is 56.9 Å². The van der Waals surface area contributed by atoms with Crippen molar-refractivity contribution in [1.82, 2.24) is 0 Å². The quantitative estimate of drug-likeness (QED) is 0.136. The summed E-state index contributed by atoms with van der Waals surface area (Å²) >= 11 is 0. The molecule has 1 unspecified atom stereocenters. The van der Waals surface area contributed by atoms with E-state index in [-0.39, 0.29) is 33.8 Å². The molecule has 246 valence electrons. The van der Waals surface area contributed by atoms with Gasteiger partial charge in [0.05, 0.1) is 5.41 Å². The number of hydrogen-bond donors (Lipinski definition) is 3. The van der Waals surface area contributed by atoms with Crippen LogP contribution in [0.5, 0.6) is 5.75 Å². The molecule has 1 aromatic rings. The van der Waals surface area contributed by atoms with Gasteiger partial charge >= 0.3 is 11.9 Å². The Morgan fingerprint density at radius 2 is 1.58 bits per heavy atom. The van der Waals surface area contributed by atoms with Crippen LogP contribution in [-0.2, 0) is 14.3 Å². The van der Waals surface area contributed by atoms with Gasteiger partial charge in [-0.05, 0) is 121 Å². The van der Waals surface area contributed by atoms with Crippen molar-refractivity contribution in [3.8, 4) is 5.75 Å². The molecule has 3 N–H and O–H groups in total. The van der Waals surface area contributed by atoms with Crippen LogP contribution in [0.25, 0.3) is 6.08 Å². The first-order valence-electron chi connectivity index (χ1n) is 17.3. The van der Waals surface area contributed by atoms with E-state index in [4.69, 9.17) is 4.74 Å². The lowest BCUT2D eigenvalue weighted by atomic mass is 9.33. The van der Waals surface area contributed by atoms with Gasteiger partial charge in [0.2, 0.25) is 5.79 Å². The summed E-state index contributed by atoms with van der Waals surface area (Å²) in [5.41, 5.74) is 0.770. The van der Waals surface area contributed by atoms with Crippen LogP contribution in [-0.4, -0.2) is 33.0 Å².